The molecule has 0 saturated carbocycles. The molecule has 0 fully saturated rings. The van der Waals surface area contributed by atoms with Crippen LogP contribution in [0.1, 0.15) is 6.92 Å². The minimum Gasteiger partial charge on any atom is -0.479 e. The molecule has 96 valence electrons. The number of hydrogen-bond acceptors (Lipinski definition) is 4. The van der Waals surface area contributed by atoms with Crippen LogP contribution in [0.2, 0.25) is 0 Å². The Hall–Kier alpha value is -1.75. The Bertz CT molecular complexity index is 504. The van der Waals surface area contributed by atoms with Crippen LogP contribution in [0.15, 0.2) is 18.2 Å². The number of ether oxygens (including phenoxy) is 1. The van der Waals surface area contributed by atoms with E-state index in [1.165, 1.54) is 0 Å². The maximum absolute atomic E-state index is 12.0. The highest BCUT2D eigenvalue weighted by Gasteiger charge is 2.35. The van der Waals surface area contributed by atoms with Crippen molar-refractivity contribution in [2.75, 3.05) is 23.1 Å². The van der Waals surface area contributed by atoms with Gasteiger partial charge in [-0.05, 0) is 25.1 Å². The molecule has 0 aliphatic carbocycles. The number of anilines is 2. The van der Waals surface area contributed by atoms with Gasteiger partial charge in [-0.3, -0.25) is 9.59 Å². The summed E-state index contributed by atoms with van der Waals surface area (Å²) in [5.41, 5.74) is 1.21. The summed E-state index contributed by atoms with van der Waals surface area (Å²) in [6.45, 7) is 1.60. The van der Waals surface area contributed by atoms with Crippen molar-refractivity contribution in [2.45, 2.75) is 13.0 Å². The van der Waals surface area contributed by atoms with Crippen molar-refractivity contribution < 1.29 is 14.3 Å². The van der Waals surface area contributed by atoms with E-state index in [9.17, 15) is 9.59 Å². The minimum atomic E-state index is -0.690. The molecule has 1 aliphatic heterocycles. The number of alkyl halides is 1. The van der Waals surface area contributed by atoms with E-state index in [0.29, 0.717) is 11.4 Å². The number of benzene rings is 1. The number of nitrogens with one attached hydrogen (secondary N) is 1. The number of amides is 2. The maximum atomic E-state index is 12.0. The van der Waals surface area contributed by atoms with Crippen LogP contribution in [0.5, 0.6) is 5.75 Å². The average molecular weight is 269 g/mol. The molecule has 1 atom stereocenters. The number of rotatable bonds is 2. The van der Waals surface area contributed by atoms with Crippen LogP contribution >= 0.6 is 11.6 Å². The van der Waals surface area contributed by atoms with E-state index in [-0.39, 0.29) is 5.88 Å². The molecule has 0 saturated heterocycles. The van der Waals surface area contributed by atoms with Gasteiger partial charge in [-0.1, -0.05) is 0 Å². The van der Waals surface area contributed by atoms with E-state index in [2.05, 4.69) is 5.32 Å². The van der Waals surface area contributed by atoms with Gasteiger partial charge in [0.1, 0.15) is 11.6 Å². The van der Waals surface area contributed by atoms with Crippen LogP contribution in [0.25, 0.3) is 0 Å². The molecule has 0 spiro atoms. The topological polar surface area (TPSA) is 58.6 Å². The number of fused-ring (bicyclic) bond motifs is 1. The lowest BCUT2D eigenvalue weighted by Crippen LogP contribution is -2.48. The molecule has 5 nitrogen and oxygen atoms in total. The Morgan fingerprint density at radius 1 is 1.56 bits per heavy atom. The summed E-state index contributed by atoms with van der Waals surface area (Å²) in [5, 5.41) is 2.94. The molecule has 1 aliphatic rings. The number of imide groups is 1. The standard InChI is InChI=1S/C12H13ClN2O3/c1-7-12(17)15(11(16)6-13)9-5-8(14-2)3-4-10(9)18-7/h3-5,7,14H,6H2,1-2H3. The van der Waals surface area contributed by atoms with Crippen LogP contribution in [-0.2, 0) is 9.59 Å². The Balaban J connectivity index is 2.53. The van der Waals surface area contributed by atoms with Crippen molar-refractivity contribution in [3.63, 3.8) is 0 Å². The zero-order valence-electron chi connectivity index (χ0n) is 10.1. The Kier molecular flexibility index (Phi) is 3.43. The molecular weight excluding hydrogens is 256 g/mol. The highest BCUT2D eigenvalue weighted by atomic mass is 35.5. The maximum Gasteiger partial charge on any atom is 0.274 e. The van der Waals surface area contributed by atoms with Crippen molar-refractivity contribution in [3.05, 3.63) is 18.2 Å². The Morgan fingerprint density at radius 3 is 2.89 bits per heavy atom. The predicted molar refractivity (Wildman–Crippen MR) is 69.3 cm³/mol. The van der Waals surface area contributed by atoms with Crippen LogP contribution in [0.4, 0.5) is 11.4 Å². The monoisotopic (exact) mass is 268 g/mol. The molecule has 1 aromatic rings. The van der Waals surface area contributed by atoms with Gasteiger partial charge in [0.15, 0.2) is 6.10 Å². The fourth-order valence-electron chi connectivity index (χ4n) is 1.81. The van der Waals surface area contributed by atoms with Crippen molar-refractivity contribution in [1.82, 2.24) is 0 Å². The molecule has 2 rings (SSSR count). The van der Waals surface area contributed by atoms with Crippen molar-refractivity contribution in [2.24, 2.45) is 0 Å². The first-order chi connectivity index (χ1) is 8.58. The van der Waals surface area contributed by atoms with Gasteiger partial charge in [0.05, 0.1) is 5.69 Å². The van der Waals surface area contributed by atoms with Crippen molar-refractivity contribution in [3.8, 4) is 5.75 Å². The first-order valence-electron chi connectivity index (χ1n) is 5.49. The fourth-order valence-corrected chi connectivity index (χ4v) is 1.93. The Labute approximate surface area is 110 Å². The molecule has 2 amide bonds. The second-order valence-electron chi connectivity index (χ2n) is 3.89. The lowest BCUT2D eigenvalue weighted by molar-refractivity contribution is -0.130. The smallest absolute Gasteiger partial charge is 0.274 e. The molecule has 6 heteroatoms. The third-order valence-electron chi connectivity index (χ3n) is 2.72. The third-order valence-corrected chi connectivity index (χ3v) is 2.95. The SMILES string of the molecule is CNc1ccc2c(c1)N(C(=O)CCl)C(=O)C(C)O2. The van der Waals surface area contributed by atoms with E-state index in [1.54, 1.807) is 26.1 Å². The summed E-state index contributed by atoms with van der Waals surface area (Å²) in [7, 11) is 1.75. The molecule has 0 aromatic heterocycles. The fraction of sp³-hybridized carbons (Fsp3) is 0.333. The summed E-state index contributed by atoms with van der Waals surface area (Å²) in [6, 6.07) is 5.22. The molecule has 18 heavy (non-hydrogen) atoms. The summed E-state index contributed by atoms with van der Waals surface area (Å²) in [4.78, 5) is 24.9. The van der Waals surface area contributed by atoms with Gasteiger partial charge in [-0.2, -0.15) is 0 Å². The zero-order valence-corrected chi connectivity index (χ0v) is 10.8. The van der Waals surface area contributed by atoms with E-state index < -0.39 is 17.9 Å². The van der Waals surface area contributed by atoms with Gasteiger partial charge in [-0.15, -0.1) is 11.6 Å². The summed E-state index contributed by atoms with van der Waals surface area (Å²) in [5.74, 6) is -0.603. The Morgan fingerprint density at radius 2 is 2.28 bits per heavy atom. The second-order valence-corrected chi connectivity index (χ2v) is 4.16. The van der Waals surface area contributed by atoms with Crippen molar-refractivity contribution in [1.29, 1.82) is 0 Å². The zero-order chi connectivity index (χ0) is 13.3. The van der Waals surface area contributed by atoms with Gasteiger partial charge in [0.2, 0.25) is 5.91 Å². The number of carbonyl (C=O) groups excluding carboxylic acids is 2. The summed E-state index contributed by atoms with van der Waals surface area (Å²) >= 11 is 5.54. The van der Waals surface area contributed by atoms with Gasteiger partial charge in [-0.25, -0.2) is 4.90 Å². The molecule has 0 radical (unpaired) electrons. The van der Waals surface area contributed by atoms with Crippen LogP contribution in [0.3, 0.4) is 0 Å². The normalized spacial score (nSPS) is 18.1. The largest absolute Gasteiger partial charge is 0.479 e. The molecule has 1 heterocycles. The predicted octanol–water partition coefficient (Wildman–Crippen LogP) is 1.61. The molecule has 0 bridgehead atoms. The van der Waals surface area contributed by atoms with Crippen LogP contribution < -0.4 is 15.0 Å². The van der Waals surface area contributed by atoms with Gasteiger partial charge in [0.25, 0.3) is 5.91 Å². The molecule has 1 N–H and O–H groups in total. The van der Waals surface area contributed by atoms with Crippen molar-refractivity contribution >= 4 is 34.8 Å². The van der Waals surface area contributed by atoms with Crippen LogP contribution in [0, 0.1) is 0 Å². The first kappa shape index (κ1) is 12.7. The van der Waals surface area contributed by atoms with Crippen LogP contribution in [-0.4, -0.2) is 30.8 Å². The third kappa shape index (κ3) is 2.01. The molecule has 1 aromatic carbocycles. The number of carbonyl (C=O) groups is 2. The quantitative estimate of drug-likeness (QED) is 0.828. The number of nitrogens with zero attached hydrogens (tertiary/aromatic N) is 1. The highest BCUT2D eigenvalue weighted by Crippen LogP contribution is 2.36. The first-order valence-corrected chi connectivity index (χ1v) is 6.03. The second kappa shape index (κ2) is 4.86. The summed E-state index contributed by atoms with van der Waals surface area (Å²) in [6.07, 6.45) is -0.690. The lowest BCUT2D eigenvalue weighted by atomic mass is 10.1. The number of halogens is 1. The molecule has 1 unspecified atom stereocenters. The van der Waals surface area contributed by atoms with E-state index >= 15 is 0 Å². The van der Waals surface area contributed by atoms with Gasteiger partial charge >= 0.3 is 0 Å². The summed E-state index contributed by atoms with van der Waals surface area (Å²) < 4.78 is 5.45. The highest BCUT2D eigenvalue weighted by molar-refractivity contribution is 6.33. The lowest BCUT2D eigenvalue weighted by Gasteiger charge is -2.31. The van der Waals surface area contributed by atoms with Gasteiger partial charge < -0.3 is 10.1 Å². The van der Waals surface area contributed by atoms with E-state index in [1.807, 2.05) is 6.07 Å². The average Bonchev–Trinajstić information content (AvgIpc) is 2.39. The van der Waals surface area contributed by atoms with E-state index in [4.69, 9.17) is 16.3 Å². The number of hydrogen-bond donors (Lipinski definition) is 1. The molecular formula is C12H13ClN2O3. The minimum absolute atomic E-state index is 0.248. The van der Waals surface area contributed by atoms with E-state index in [0.717, 1.165) is 10.6 Å². The van der Waals surface area contributed by atoms with Gasteiger partial charge in [0, 0.05) is 12.7 Å².